The van der Waals surface area contributed by atoms with Crippen LogP contribution in [0.1, 0.15) is 38.5 Å². The highest BCUT2D eigenvalue weighted by molar-refractivity contribution is 6.06. The minimum atomic E-state index is -0.292. The Morgan fingerprint density at radius 1 is 1.06 bits per heavy atom. The van der Waals surface area contributed by atoms with E-state index in [1.54, 1.807) is 4.90 Å². The maximum absolute atomic E-state index is 12.7. The zero-order chi connectivity index (χ0) is 12.3. The fourth-order valence-corrected chi connectivity index (χ4v) is 4.51. The topological polar surface area (TPSA) is 49.4 Å². The van der Waals surface area contributed by atoms with Crippen LogP contribution in [-0.2, 0) is 9.59 Å². The second-order valence-corrected chi connectivity index (χ2v) is 6.56. The Hall–Kier alpha value is -0.900. The van der Waals surface area contributed by atoms with Crippen molar-refractivity contribution >= 4 is 11.8 Å². The monoisotopic (exact) mass is 248 g/mol. The lowest BCUT2D eigenvalue weighted by molar-refractivity contribution is -0.143. The summed E-state index contributed by atoms with van der Waals surface area (Å²) in [4.78, 5) is 26.6. The molecule has 4 rings (SSSR count). The molecule has 4 aliphatic rings. The molecule has 0 bridgehead atoms. The van der Waals surface area contributed by atoms with Gasteiger partial charge in [-0.2, -0.15) is 0 Å². The van der Waals surface area contributed by atoms with E-state index in [-0.39, 0.29) is 23.3 Å². The SMILES string of the molecule is O=C1CC2(CCCCC2)C(=O)N1C1C2CNCC21. The summed E-state index contributed by atoms with van der Waals surface area (Å²) in [6, 6.07) is 0.243. The van der Waals surface area contributed by atoms with E-state index in [2.05, 4.69) is 5.32 Å². The van der Waals surface area contributed by atoms with Crippen molar-refractivity contribution in [2.24, 2.45) is 17.3 Å². The average molecular weight is 248 g/mol. The highest BCUT2D eigenvalue weighted by Gasteiger charge is 2.63. The van der Waals surface area contributed by atoms with Gasteiger partial charge in [-0.05, 0) is 24.7 Å². The predicted molar refractivity (Wildman–Crippen MR) is 65.6 cm³/mol. The molecule has 4 nitrogen and oxygen atoms in total. The summed E-state index contributed by atoms with van der Waals surface area (Å²) in [5, 5.41) is 3.33. The van der Waals surface area contributed by atoms with Crippen LogP contribution in [-0.4, -0.2) is 35.8 Å². The van der Waals surface area contributed by atoms with E-state index in [0.29, 0.717) is 18.3 Å². The third-order valence-electron chi connectivity index (χ3n) is 5.59. The van der Waals surface area contributed by atoms with Crippen LogP contribution in [0.3, 0.4) is 0 Å². The molecule has 2 heterocycles. The molecule has 0 aromatic rings. The second-order valence-electron chi connectivity index (χ2n) is 6.56. The summed E-state index contributed by atoms with van der Waals surface area (Å²) in [6.45, 7) is 1.97. The van der Waals surface area contributed by atoms with Crippen LogP contribution in [0.25, 0.3) is 0 Å². The van der Waals surface area contributed by atoms with Crippen LogP contribution < -0.4 is 5.32 Å². The summed E-state index contributed by atoms with van der Waals surface area (Å²) >= 11 is 0. The Morgan fingerprint density at radius 2 is 1.72 bits per heavy atom. The quantitative estimate of drug-likeness (QED) is 0.702. The summed E-state index contributed by atoms with van der Waals surface area (Å²) in [7, 11) is 0. The Labute approximate surface area is 107 Å². The van der Waals surface area contributed by atoms with Crippen molar-refractivity contribution < 1.29 is 9.59 Å². The number of hydrogen-bond donors (Lipinski definition) is 1. The van der Waals surface area contributed by atoms with Crippen LogP contribution in [0.2, 0.25) is 0 Å². The fraction of sp³-hybridized carbons (Fsp3) is 0.857. The summed E-state index contributed by atoms with van der Waals surface area (Å²) < 4.78 is 0. The molecule has 0 radical (unpaired) electrons. The second kappa shape index (κ2) is 3.56. The van der Waals surface area contributed by atoms with Crippen molar-refractivity contribution in [3.05, 3.63) is 0 Å². The van der Waals surface area contributed by atoms with Gasteiger partial charge >= 0.3 is 0 Å². The van der Waals surface area contributed by atoms with Gasteiger partial charge < -0.3 is 5.32 Å². The Bertz CT molecular complexity index is 404. The lowest BCUT2D eigenvalue weighted by Gasteiger charge is -2.30. The summed E-state index contributed by atoms with van der Waals surface area (Å²) in [5.41, 5.74) is -0.292. The van der Waals surface area contributed by atoms with Crippen LogP contribution in [0.4, 0.5) is 0 Å². The van der Waals surface area contributed by atoms with Gasteiger partial charge in [0, 0.05) is 25.6 Å². The van der Waals surface area contributed by atoms with Gasteiger partial charge in [0.25, 0.3) is 0 Å². The van der Waals surface area contributed by atoms with Gasteiger partial charge in [-0.1, -0.05) is 19.3 Å². The predicted octanol–water partition coefficient (Wildman–Crippen LogP) is 0.914. The molecule has 2 saturated carbocycles. The molecule has 2 amide bonds. The van der Waals surface area contributed by atoms with E-state index in [0.717, 1.165) is 38.8 Å². The van der Waals surface area contributed by atoms with E-state index < -0.39 is 0 Å². The molecule has 2 unspecified atom stereocenters. The lowest BCUT2D eigenvalue weighted by Crippen LogP contribution is -2.41. The number of piperidine rings is 1. The first-order valence-corrected chi connectivity index (χ1v) is 7.30. The summed E-state index contributed by atoms with van der Waals surface area (Å²) in [6.07, 6.45) is 5.83. The average Bonchev–Trinajstić information content (AvgIpc) is 2.74. The number of imide groups is 1. The van der Waals surface area contributed by atoms with E-state index in [1.165, 1.54) is 6.42 Å². The van der Waals surface area contributed by atoms with E-state index in [1.807, 2.05) is 0 Å². The summed E-state index contributed by atoms with van der Waals surface area (Å²) in [5.74, 6) is 1.39. The zero-order valence-electron chi connectivity index (χ0n) is 10.7. The molecule has 4 fully saturated rings. The molecular formula is C14H20N2O2. The molecule has 1 N–H and O–H groups in total. The molecule has 2 atom stereocenters. The molecule has 98 valence electrons. The van der Waals surface area contributed by atoms with Crippen LogP contribution >= 0.6 is 0 Å². The molecule has 1 spiro atoms. The van der Waals surface area contributed by atoms with Gasteiger partial charge in [-0.3, -0.25) is 14.5 Å². The third-order valence-corrected chi connectivity index (χ3v) is 5.59. The maximum Gasteiger partial charge on any atom is 0.236 e. The number of hydrogen-bond acceptors (Lipinski definition) is 3. The normalized spacial score (nSPS) is 41.6. The van der Waals surface area contributed by atoms with Crippen molar-refractivity contribution in [2.75, 3.05) is 13.1 Å². The molecule has 2 saturated heterocycles. The van der Waals surface area contributed by atoms with Gasteiger partial charge in [0.1, 0.15) is 0 Å². The molecule has 0 aromatic heterocycles. The highest BCUT2D eigenvalue weighted by atomic mass is 16.2. The molecular weight excluding hydrogens is 228 g/mol. The van der Waals surface area contributed by atoms with E-state index in [9.17, 15) is 9.59 Å². The number of carbonyl (C=O) groups is 2. The van der Waals surface area contributed by atoms with Gasteiger partial charge in [0.15, 0.2) is 0 Å². The van der Waals surface area contributed by atoms with Gasteiger partial charge in [-0.25, -0.2) is 0 Å². The number of fused-ring (bicyclic) bond motifs is 1. The first-order valence-electron chi connectivity index (χ1n) is 7.30. The molecule has 2 aliphatic heterocycles. The zero-order valence-corrected chi connectivity index (χ0v) is 10.7. The van der Waals surface area contributed by atoms with Crippen LogP contribution in [0, 0.1) is 17.3 Å². The van der Waals surface area contributed by atoms with Gasteiger partial charge in [-0.15, -0.1) is 0 Å². The molecule has 18 heavy (non-hydrogen) atoms. The first kappa shape index (κ1) is 11.0. The molecule has 2 aliphatic carbocycles. The number of amides is 2. The molecule has 0 aromatic carbocycles. The number of likely N-dealkylation sites (tertiary alicyclic amines) is 1. The number of nitrogens with one attached hydrogen (secondary N) is 1. The number of nitrogens with zero attached hydrogens (tertiary/aromatic N) is 1. The van der Waals surface area contributed by atoms with Crippen molar-refractivity contribution in [3.63, 3.8) is 0 Å². The minimum Gasteiger partial charge on any atom is -0.316 e. The minimum absolute atomic E-state index is 0.112. The van der Waals surface area contributed by atoms with Gasteiger partial charge in [0.05, 0.1) is 5.41 Å². The van der Waals surface area contributed by atoms with E-state index in [4.69, 9.17) is 0 Å². The third kappa shape index (κ3) is 1.30. The fourth-order valence-electron chi connectivity index (χ4n) is 4.51. The number of rotatable bonds is 1. The van der Waals surface area contributed by atoms with Crippen LogP contribution in [0.15, 0.2) is 0 Å². The molecule has 4 heteroatoms. The van der Waals surface area contributed by atoms with Crippen molar-refractivity contribution in [1.29, 1.82) is 0 Å². The highest BCUT2D eigenvalue weighted by Crippen LogP contribution is 2.53. The first-order chi connectivity index (χ1) is 8.73. The van der Waals surface area contributed by atoms with Crippen molar-refractivity contribution in [2.45, 2.75) is 44.6 Å². The Balaban J connectivity index is 1.58. The smallest absolute Gasteiger partial charge is 0.236 e. The van der Waals surface area contributed by atoms with E-state index >= 15 is 0 Å². The maximum atomic E-state index is 12.7. The lowest BCUT2D eigenvalue weighted by atomic mass is 9.73. The largest absolute Gasteiger partial charge is 0.316 e. The standard InChI is InChI=1S/C14H20N2O2/c17-11-6-14(4-2-1-3-5-14)13(18)16(11)12-9-7-15-8-10(9)12/h9-10,12,15H,1-8H2. The van der Waals surface area contributed by atoms with Crippen molar-refractivity contribution in [1.82, 2.24) is 10.2 Å². The van der Waals surface area contributed by atoms with Crippen LogP contribution in [0.5, 0.6) is 0 Å². The Kier molecular flexibility index (Phi) is 2.17. The Morgan fingerprint density at radius 3 is 2.39 bits per heavy atom. The number of carbonyl (C=O) groups excluding carboxylic acids is 2. The van der Waals surface area contributed by atoms with Gasteiger partial charge in [0.2, 0.25) is 11.8 Å². The van der Waals surface area contributed by atoms with Crippen molar-refractivity contribution in [3.8, 4) is 0 Å².